The summed E-state index contributed by atoms with van der Waals surface area (Å²) in [5.74, 6) is 5.67. The summed E-state index contributed by atoms with van der Waals surface area (Å²) in [7, 11) is 3.72. The number of amides is 2. The summed E-state index contributed by atoms with van der Waals surface area (Å²) in [5, 5.41) is 14.3. The number of nitrogen functional groups attached to an aromatic ring is 1. The van der Waals surface area contributed by atoms with E-state index in [1.165, 1.54) is 15.7 Å². The summed E-state index contributed by atoms with van der Waals surface area (Å²) in [6, 6.07) is 3.60. The largest absolute Gasteiger partial charge is 0.391 e. The molecule has 3 atom stereocenters. The highest BCUT2D eigenvalue weighted by atomic mass is 35.5. The number of aliphatic hydroxyl groups is 1. The lowest BCUT2D eigenvalue weighted by Gasteiger charge is -2.26. The summed E-state index contributed by atoms with van der Waals surface area (Å²) in [5.41, 5.74) is 14.3. The van der Waals surface area contributed by atoms with E-state index >= 15 is 0 Å². The number of carbonyl (C=O) groups is 2. The molecule has 1 aromatic carbocycles. The van der Waals surface area contributed by atoms with Crippen LogP contribution >= 0.6 is 11.6 Å². The van der Waals surface area contributed by atoms with Gasteiger partial charge in [0.05, 0.1) is 43.6 Å². The van der Waals surface area contributed by atoms with Crippen molar-refractivity contribution in [3.8, 4) is 11.8 Å². The van der Waals surface area contributed by atoms with Gasteiger partial charge in [0.1, 0.15) is 17.2 Å². The number of aryl methyl sites for hydroxylation is 1. The fourth-order valence-corrected chi connectivity index (χ4v) is 5.96. The highest BCUT2D eigenvalue weighted by Crippen LogP contribution is 2.39. The van der Waals surface area contributed by atoms with Gasteiger partial charge in [-0.2, -0.15) is 5.10 Å². The number of likely N-dealkylation sites (tertiary alicyclic amines) is 1. The number of carbonyl (C=O) groups excluding carboxylic acids is 2. The number of hydrogen-bond donors (Lipinski definition) is 3. The van der Waals surface area contributed by atoms with Crippen LogP contribution in [0.15, 0.2) is 24.8 Å². The second kappa shape index (κ2) is 9.30. The topological polar surface area (TPSA) is 145 Å². The Morgan fingerprint density at radius 3 is 2.68 bits per heavy atom. The zero-order chi connectivity index (χ0) is 27.5. The first kappa shape index (κ1) is 26.0. The molecule has 1 unspecified atom stereocenters. The van der Waals surface area contributed by atoms with Gasteiger partial charge >= 0.3 is 0 Å². The van der Waals surface area contributed by atoms with Crippen LogP contribution in [0, 0.1) is 18.8 Å². The van der Waals surface area contributed by atoms with Gasteiger partial charge in [-0.05, 0) is 57.2 Å². The van der Waals surface area contributed by atoms with Crippen LogP contribution in [0.25, 0.3) is 11.0 Å². The van der Waals surface area contributed by atoms with Crippen LogP contribution < -0.4 is 11.5 Å². The molecular weight excluding hydrogens is 522 g/mol. The zero-order valence-corrected chi connectivity index (χ0v) is 22.8. The van der Waals surface area contributed by atoms with Crippen LogP contribution in [0.2, 0.25) is 5.02 Å². The molecule has 1 aliphatic heterocycles. The third-order valence-electron chi connectivity index (χ3n) is 7.15. The predicted octanol–water partition coefficient (Wildman–Crippen LogP) is 1.60. The van der Waals surface area contributed by atoms with E-state index in [4.69, 9.17) is 23.1 Å². The molecule has 2 aromatic heterocycles. The summed E-state index contributed by atoms with van der Waals surface area (Å²) in [6.45, 7) is 7.23. The smallest absolute Gasteiger partial charge is 0.255 e. The first-order valence-electron chi connectivity index (χ1n) is 12.2. The number of primary amides is 1. The number of fused-ring (bicyclic) bond motifs is 1. The van der Waals surface area contributed by atoms with Gasteiger partial charge in [-0.25, -0.2) is 9.67 Å². The molecule has 1 saturated heterocycles. The van der Waals surface area contributed by atoms with Gasteiger partial charge in [-0.1, -0.05) is 24.1 Å². The Balaban J connectivity index is 1.55. The highest BCUT2D eigenvalue weighted by molar-refractivity contribution is 6.32. The summed E-state index contributed by atoms with van der Waals surface area (Å²) < 4.78 is 3.59. The molecule has 10 nitrogen and oxygen atoms in total. The maximum Gasteiger partial charge on any atom is 0.255 e. The molecule has 5 N–H and O–H groups in total. The van der Waals surface area contributed by atoms with Crippen LogP contribution in [-0.4, -0.2) is 70.1 Å². The minimum absolute atomic E-state index is 0.00519. The summed E-state index contributed by atoms with van der Waals surface area (Å²) in [6.07, 6.45) is 2.87. The maximum absolute atomic E-state index is 12.5. The van der Waals surface area contributed by atoms with Crippen LogP contribution in [0.5, 0.6) is 0 Å². The Kier molecular flexibility index (Phi) is 6.37. The number of nitrogens with two attached hydrogens (primary N) is 2. The Hall–Kier alpha value is -3.59. The van der Waals surface area contributed by atoms with Gasteiger partial charge in [0.25, 0.3) is 5.91 Å². The molecule has 195 valence electrons. The number of halogens is 1. The van der Waals surface area contributed by atoms with E-state index in [9.17, 15) is 14.7 Å². The van der Waals surface area contributed by atoms with Gasteiger partial charge in [-0.3, -0.25) is 9.59 Å². The minimum atomic E-state index is -1.02. The van der Waals surface area contributed by atoms with E-state index in [0.29, 0.717) is 16.6 Å². The van der Waals surface area contributed by atoms with Crippen molar-refractivity contribution in [3.63, 3.8) is 0 Å². The van der Waals surface area contributed by atoms with Gasteiger partial charge < -0.3 is 26.0 Å². The van der Waals surface area contributed by atoms with Gasteiger partial charge in [0.15, 0.2) is 5.69 Å². The number of imidazole rings is 1. The Morgan fingerprint density at radius 2 is 2.08 bits per heavy atom. The minimum Gasteiger partial charge on any atom is -0.391 e. The number of aromatic nitrogens is 4. The molecule has 3 radical (unpaired) electrons. The van der Waals surface area contributed by atoms with Gasteiger partial charge in [0.2, 0.25) is 5.91 Å². The molecule has 5 rings (SSSR count). The highest BCUT2D eigenvalue weighted by Gasteiger charge is 2.47. The van der Waals surface area contributed by atoms with Crippen molar-refractivity contribution in [3.05, 3.63) is 52.5 Å². The van der Waals surface area contributed by atoms with Crippen molar-refractivity contribution in [2.24, 2.45) is 5.73 Å². The number of hydrogen-bond acceptors (Lipinski definition) is 6. The molecule has 12 heteroatoms. The van der Waals surface area contributed by atoms with Crippen molar-refractivity contribution in [1.29, 1.82) is 0 Å². The first-order valence-corrected chi connectivity index (χ1v) is 13.1. The molecule has 0 spiro atoms. The molecule has 1 saturated carbocycles. The third kappa shape index (κ3) is 4.28. The first-order chi connectivity index (χ1) is 17.9. The van der Waals surface area contributed by atoms with Crippen molar-refractivity contribution in [1.82, 2.24) is 24.2 Å². The molecular formula is C26H27ClN7O3Si. The molecule has 1 aliphatic carbocycles. The lowest BCUT2D eigenvalue weighted by atomic mass is 10.1. The summed E-state index contributed by atoms with van der Waals surface area (Å²) >= 11 is 6.58. The zero-order valence-electron chi connectivity index (χ0n) is 21.0. The maximum atomic E-state index is 12.5. The van der Waals surface area contributed by atoms with Crippen LogP contribution in [-0.2, 0) is 9.96 Å². The monoisotopic (exact) mass is 548 g/mol. The average molecular weight is 549 g/mol. The Labute approximate surface area is 228 Å². The molecule has 3 aromatic rings. The molecule has 3 heterocycles. The van der Waals surface area contributed by atoms with E-state index in [1.54, 1.807) is 6.92 Å². The SMILES string of the molecule is C=CC(=O)N1C[C@@]([Si])(n2nc(C#Cc3cc4nc(C)n(C5CC5)c4cc3Cl)c(C(N)=O)c2N)C[C@@H]1C(C)O. The third-order valence-corrected chi connectivity index (χ3v) is 8.04. The lowest BCUT2D eigenvalue weighted by molar-refractivity contribution is -0.128. The molecule has 0 bridgehead atoms. The molecule has 38 heavy (non-hydrogen) atoms. The van der Waals surface area contributed by atoms with Crippen molar-refractivity contribution in [2.45, 2.75) is 56.5 Å². The van der Waals surface area contributed by atoms with Crippen molar-refractivity contribution < 1.29 is 14.7 Å². The van der Waals surface area contributed by atoms with Gasteiger partial charge in [-0.15, -0.1) is 0 Å². The fraction of sp³-hybridized carbons (Fsp3) is 0.385. The molecule has 2 fully saturated rings. The number of benzene rings is 1. The normalized spacial score (nSPS) is 21.8. The Bertz CT molecular complexity index is 1560. The number of rotatable bonds is 5. The van der Waals surface area contributed by atoms with Crippen LogP contribution in [0.4, 0.5) is 5.82 Å². The Morgan fingerprint density at radius 1 is 1.37 bits per heavy atom. The number of anilines is 1. The van der Waals surface area contributed by atoms with E-state index in [0.717, 1.165) is 29.7 Å². The number of nitrogens with zero attached hydrogens (tertiary/aromatic N) is 5. The van der Waals surface area contributed by atoms with E-state index in [2.05, 4.69) is 43.3 Å². The van der Waals surface area contributed by atoms with E-state index < -0.39 is 23.2 Å². The van der Waals surface area contributed by atoms with Crippen LogP contribution in [0.3, 0.4) is 0 Å². The standard InChI is InChI=1S/C26H27ClN7O3Si/c1-4-22(36)32-12-26(38,11-21(32)13(2)35)34-24(28)23(25(29)37)18(31-34)8-5-15-9-19-20(10-17(15)27)33(14(3)30-19)16-6-7-16/h4,9-10,13,16,21,35H,1,6-7,11-12,28H2,2-3H3,(H2,29,37)/t13?,21-,26-/m1/s1. The molecule has 2 amide bonds. The van der Waals surface area contributed by atoms with Crippen molar-refractivity contribution >= 4 is 50.5 Å². The number of aliphatic hydroxyl groups excluding tert-OH is 1. The van der Waals surface area contributed by atoms with E-state index in [-0.39, 0.29) is 35.9 Å². The lowest BCUT2D eigenvalue weighted by Crippen LogP contribution is -2.42. The van der Waals surface area contributed by atoms with Crippen LogP contribution in [0.1, 0.15) is 59.7 Å². The predicted molar refractivity (Wildman–Crippen MR) is 145 cm³/mol. The second-order valence-corrected chi connectivity index (χ2v) is 11.3. The second-order valence-electron chi connectivity index (χ2n) is 9.93. The quantitative estimate of drug-likeness (QED) is 0.251. The van der Waals surface area contributed by atoms with Crippen molar-refractivity contribution in [2.75, 3.05) is 12.3 Å². The average Bonchev–Trinajstić information content (AvgIpc) is 3.41. The molecule has 2 aliphatic rings. The summed E-state index contributed by atoms with van der Waals surface area (Å²) in [4.78, 5) is 31.0. The fourth-order valence-electron chi connectivity index (χ4n) is 5.20. The van der Waals surface area contributed by atoms with E-state index in [1.807, 2.05) is 19.1 Å². The van der Waals surface area contributed by atoms with Gasteiger partial charge in [0, 0.05) is 18.2 Å².